The van der Waals surface area contributed by atoms with Crippen LogP contribution in [0.5, 0.6) is 0 Å². The average molecular weight is 155 g/mol. The van der Waals surface area contributed by atoms with Gasteiger partial charge in [-0.3, -0.25) is 0 Å². The van der Waals surface area contributed by atoms with Gasteiger partial charge in [-0.1, -0.05) is 6.08 Å². The van der Waals surface area contributed by atoms with Gasteiger partial charge in [0.15, 0.2) is 0 Å². The molecular formula is C8H13NO2. The molecule has 0 saturated carbocycles. The van der Waals surface area contributed by atoms with E-state index < -0.39 is 0 Å². The highest BCUT2D eigenvalue weighted by Crippen LogP contribution is 2.17. The van der Waals surface area contributed by atoms with Gasteiger partial charge in [-0.25, -0.2) is 4.79 Å². The summed E-state index contributed by atoms with van der Waals surface area (Å²) in [6, 6.07) is 0.0397. The quantitative estimate of drug-likeness (QED) is 0.564. The Bertz CT molecular complexity index is 187. The van der Waals surface area contributed by atoms with Crippen LogP contribution in [-0.4, -0.2) is 19.1 Å². The van der Waals surface area contributed by atoms with Crippen LogP contribution >= 0.6 is 0 Å². The van der Waals surface area contributed by atoms with Crippen molar-refractivity contribution in [1.82, 2.24) is 0 Å². The van der Waals surface area contributed by atoms with Crippen molar-refractivity contribution in [2.75, 3.05) is 7.11 Å². The molecule has 1 atom stereocenters. The van der Waals surface area contributed by atoms with E-state index in [9.17, 15) is 4.79 Å². The molecular weight excluding hydrogens is 142 g/mol. The third kappa shape index (κ3) is 2.05. The predicted molar refractivity (Wildman–Crippen MR) is 41.9 cm³/mol. The van der Waals surface area contributed by atoms with Crippen molar-refractivity contribution in [2.45, 2.75) is 25.3 Å². The van der Waals surface area contributed by atoms with E-state index >= 15 is 0 Å². The molecule has 62 valence electrons. The molecule has 3 nitrogen and oxygen atoms in total. The molecule has 0 unspecified atom stereocenters. The number of carbonyl (C=O) groups is 1. The molecule has 3 heteroatoms. The zero-order valence-corrected chi connectivity index (χ0v) is 6.67. The molecule has 0 amide bonds. The third-order valence-corrected chi connectivity index (χ3v) is 1.85. The van der Waals surface area contributed by atoms with Crippen molar-refractivity contribution in [2.24, 2.45) is 5.73 Å². The first-order valence-corrected chi connectivity index (χ1v) is 3.78. The average Bonchev–Trinajstić information content (AvgIpc) is 2.03. The molecule has 0 aromatic carbocycles. The standard InChI is InChI=1S/C8H13NO2/c1-11-8(10)6-3-2-4-7(9)5-6/h5,7H,2-4,9H2,1H3/t7-/m0/s1. The second kappa shape index (κ2) is 3.53. The SMILES string of the molecule is COC(=O)C1=C[C@@H](N)CCC1. The first-order valence-electron chi connectivity index (χ1n) is 3.78. The lowest BCUT2D eigenvalue weighted by molar-refractivity contribution is -0.136. The molecule has 1 aliphatic carbocycles. The van der Waals surface area contributed by atoms with Gasteiger partial charge in [0.05, 0.1) is 7.11 Å². The van der Waals surface area contributed by atoms with E-state index in [4.69, 9.17) is 5.73 Å². The summed E-state index contributed by atoms with van der Waals surface area (Å²) < 4.78 is 4.58. The van der Waals surface area contributed by atoms with Crippen molar-refractivity contribution in [3.8, 4) is 0 Å². The maximum atomic E-state index is 11.0. The zero-order valence-electron chi connectivity index (χ0n) is 6.67. The summed E-state index contributed by atoms with van der Waals surface area (Å²) in [5, 5.41) is 0. The fraction of sp³-hybridized carbons (Fsp3) is 0.625. The van der Waals surface area contributed by atoms with E-state index in [2.05, 4.69) is 4.74 Å². The van der Waals surface area contributed by atoms with Gasteiger partial charge in [-0.05, 0) is 19.3 Å². The summed E-state index contributed by atoms with van der Waals surface area (Å²) in [5.41, 5.74) is 6.36. The monoisotopic (exact) mass is 155 g/mol. The molecule has 0 bridgehead atoms. The zero-order chi connectivity index (χ0) is 8.27. The van der Waals surface area contributed by atoms with Crippen molar-refractivity contribution < 1.29 is 9.53 Å². The Balaban J connectivity index is 2.63. The van der Waals surface area contributed by atoms with Gasteiger partial charge in [0.25, 0.3) is 0 Å². The Hall–Kier alpha value is -0.830. The van der Waals surface area contributed by atoms with Crippen LogP contribution in [0, 0.1) is 0 Å². The molecule has 11 heavy (non-hydrogen) atoms. The first kappa shape index (κ1) is 8.27. The molecule has 0 spiro atoms. The van der Waals surface area contributed by atoms with Crippen LogP contribution in [0.4, 0.5) is 0 Å². The number of carbonyl (C=O) groups excluding carboxylic acids is 1. The highest BCUT2D eigenvalue weighted by molar-refractivity contribution is 5.88. The van der Waals surface area contributed by atoms with E-state index in [0.717, 1.165) is 24.8 Å². The number of nitrogens with two attached hydrogens (primary N) is 1. The molecule has 2 N–H and O–H groups in total. The fourth-order valence-corrected chi connectivity index (χ4v) is 1.25. The van der Waals surface area contributed by atoms with Gasteiger partial charge < -0.3 is 10.5 Å². The lowest BCUT2D eigenvalue weighted by atomic mass is 9.96. The number of ether oxygens (including phenoxy) is 1. The Morgan fingerprint density at radius 1 is 1.82 bits per heavy atom. The second-order valence-corrected chi connectivity index (χ2v) is 2.74. The van der Waals surface area contributed by atoms with E-state index in [1.165, 1.54) is 7.11 Å². The molecule has 0 heterocycles. The minimum atomic E-state index is -0.236. The molecule has 1 rings (SSSR count). The molecule has 0 aromatic rings. The summed E-state index contributed by atoms with van der Waals surface area (Å²) >= 11 is 0. The molecule has 0 aromatic heterocycles. The van der Waals surface area contributed by atoms with Gasteiger partial charge >= 0.3 is 5.97 Å². The molecule has 0 fully saturated rings. The Labute approximate surface area is 66.2 Å². The maximum Gasteiger partial charge on any atom is 0.333 e. The fourth-order valence-electron chi connectivity index (χ4n) is 1.25. The van der Waals surface area contributed by atoms with Crippen LogP contribution < -0.4 is 5.73 Å². The first-order chi connectivity index (χ1) is 5.24. The van der Waals surface area contributed by atoms with Gasteiger partial charge in [0, 0.05) is 11.6 Å². The number of methoxy groups -OCH3 is 1. The minimum absolute atomic E-state index is 0.0397. The third-order valence-electron chi connectivity index (χ3n) is 1.85. The number of rotatable bonds is 1. The summed E-state index contributed by atoms with van der Waals surface area (Å²) in [6.07, 6.45) is 4.57. The topological polar surface area (TPSA) is 52.3 Å². The van der Waals surface area contributed by atoms with Crippen LogP contribution in [0.3, 0.4) is 0 Å². The molecule has 0 saturated heterocycles. The summed E-state index contributed by atoms with van der Waals surface area (Å²) in [4.78, 5) is 11.0. The van der Waals surface area contributed by atoms with Crippen molar-refractivity contribution in [3.05, 3.63) is 11.6 Å². The minimum Gasteiger partial charge on any atom is -0.466 e. The van der Waals surface area contributed by atoms with Crippen molar-refractivity contribution >= 4 is 5.97 Å². The van der Waals surface area contributed by atoms with E-state index in [1.807, 2.05) is 0 Å². The van der Waals surface area contributed by atoms with Gasteiger partial charge in [-0.15, -0.1) is 0 Å². The van der Waals surface area contributed by atoms with Crippen LogP contribution in [0.25, 0.3) is 0 Å². The Morgan fingerprint density at radius 3 is 3.09 bits per heavy atom. The largest absolute Gasteiger partial charge is 0.466 e. The highest BCUT2D eigenvalue weighted by Gasteiger charge is 2.15. The van der Waals surface area contributed by atoms with E-state index in [1.54, 1.807) is 6.08 Å². The van der Waals surface area contributed by atoms with Crippen molar-refractivity contribution in [3.63, 3.8) is 0 Å². The van der Waals surface area contributed by atoms with Crippen LogP contribution in [-0.2, 0) is 9.53 Å². The Morgan fingerprint density at radius 2 is 2.55 bits per heavy atom. The maximum absolute atomic E-state index is 11.0. The number of hydrogen-bond donors (Lipinski definition) is 1. The summed E-state index contributed by atoms with van der Waals surface area (Å²) in [5.74, 6) is -0.236. The predicted octanol–water partition coefficient (Wildman–Crippen LogP) is 0.597. The van der Waals surface area contributed by atoms with Gasteiger partial charge in [0.1, 0.15) is 0 Å². The number of esters is 1. The normalized spacial score (nSPS) is 24.2. The molecule has 0 radical (unpaired) electrons. The molecule has 0 aliphatic heterocycles. The summed E-state index contributed by atoms with van der Waals surface area (Å²) in [7, 11) is 1.39. The van der Waals surface area contributed by atoms with E-state index in [-0.39, 0.29) is 12.0 Å². The van der Waals surface area contributed by atoms with Crippen LogP contribution in [0.1, 0.15) is 19.3 Å². The lowest BCUT2D eigenvalue weighted by Gasteiger charge is -2.15. The van der Waals surface area contributed by atoms with Crippen LogP contribution in [0.2, 0.25) is 0 Å². The Kier molecular flexibility index (Phi) is 2.65. The van der Waals surface area contributed by atoms with E-state index in [0.29, 0.717) is 0 Å². The second-order valence-electron chi connectivity index (χ2n) is 2.74. The lowest BCUT2D eigenvalue weighted by Crippen LogP contribution is -2.23. The number of hydrogen-bond acceptors (Lipinski definition) is 3. The van der Waals surface area contributed by atoms with Crippen LogP contribution in [0.15, 0.2) is 11.6 Å². The van der Waals surface area contributed by atoms with Gasteiger partial charge in [0.2, 0.25) is 0 Å². The molecule has 1 aliphatic rings. The smallest absolute Gasteiger partial charge is 0.333 e. The van der Waals surface area contributed by atoms with Gasteiger partial charge in [-0.2, -0.15) is 0 Å². The summed E-state index contributed by atoms with van der Waals surface area (Å²) in [6.45, 7) is 0. The van der Waals surface area contributed by atoms with Crippen molar-refractivity contribution in [1.29, 1.82) is 0 Å². The highest BCUT2D eigenvalue weighted by atomic mass is 16.5.